The Labute approximate surface area is 94.4 Å². The summed E-state index contributed by atoms with van der Waals surface area (Å²) in [6, 6.07) is 0. The summed E-state index contributed by atoms with van der Waals surface area (Å²) < 4.78 is 0. The van der Waals surface area contributed by atoms with Crippen molar-refractivity contribution in [1.29, 1.82) is 0 Å². The molecule has 0 heteroatoms. The lowest BCUT2D eigenvalue weighted by molar-refractivity contribution is 1.22. The standard InChI is InChI=1S/C15H22/c1-5-9-12-14(8-4)15(11-7-3)13-10-6-2/h6-13H,5H2,1-4H3/b10-6-,11-7-,12-9-,14-8+,15-13+. The summed E-state index contributed by atoms with van der Waals surface area (Å²) in [5, 5.41) is 0. The second-order valence-electron chi connectivity index (χ2n) is 3.20. The van der Waals surface area contributed by atoms with Crippen LogP contribution < -0.4 is 0 Å². The maximum Gasteiger partial charge on any atom is -0.0191 e. The van der Waals surface area contributed by atoms with Crippen molar-refractivity contribution in [2.45, 2.75) is 34.1 Å². The molecule has 0 aliphatic heterocycles. The van der Waals surface area contributed by atoms with E-state index < -0.39 is 0 Å². The largest absolute Gasteiger partial charge is 0.0876 e. The Hall–Kier alpha value is -1.30. The molecule has 0 N–H and O–H groups in total. The Bertz CT molecular complexity index is 296. The molecule has 0 radical (unpaired) electrons. The molecule has 0 aliphatic rings. The molecule has 0 aromatic heterocycles. The third-order valence-electron chi connectivity index (χ3n) is 1.99. The van der Waals surface area contributed by atoms with E-state index in [1.807, 2.05) is 19.9 Å². The van der Waals surface area contributed by atoms with Crippen molar-refractivity contribution < 1.29 is 0 Å². The first-order chi connectivity index (χ1) is 7.29. The van der Waals surface area contributed by atoms with Gasteiger partial charge in [0.2, 0.25) is 0 Å². The van der Waals surface area contributed by atoms with Crippen molar-refractivity contribution >= 4 is 0 Å². The van der Waals surface area contributed by atoms with Gasteiger partial charge in [0.15, 0.2) is 0 Å². The number of rotatable bonds is 5. The molecule has 0 fully saturated rings. The summed E-state index contributed by atoms with van der Waals surface area (Å²) in [7, 11) is 0. The first-order valence-corrected chi connectivity index (χ1v) is 5.59. The van der Waals surface area contributed by atoms with Crippen molar-refractivity contribution in [2.24, 2.45) is 0 Å². The highest BCUT2D eigenvalue weighted by atomic mass is 14.0. The fraction of sp³-hybridized carbons (Fsp3) is 0.333. The molecule has 0 atom stereocenters. The van der Waals surface area contributed by atoms with E-state index in [0.717, 1.165) is 6.42 Å². The van der Waals surface area contributed by atoms with Crippen LogP contribution in [0.2, 0.25) is 0 Å². The quantitative estimate of drug-likeness (QED) is 0.552. The van der Waals surface area contributed by atoms with Crippen molar-refractivity contribution in [3.63, 3.8) is 0 Å². The van der Waals surface area contributed by atoms with Crippen molar-refractivity contribution in [3.8, 4) is 0 Å². The molecule has 15 heavy (non-hydrogen) atoms. The summed E-state index contributed by atoms with van der Waals surface area (Å²) in [5.74, 6) is 0. The molecule has 0 bridgehead atoms. The molecule has 0 aromatic rings. The van der Waals surface area contributed by atoms with Gasteiger partial charge in [0, 0.05) is 0 Å². The van der Waals surface area contributed by atoms with Crippen LogP contribution in [-0.4, -0.2) is 0 Å². The fourth-order valence-corrected chi connectivity index (χ4v) is 1.23. The van der Waals surface area contributed by atoms with Gasteiger partial charge in [0.05, 0.1) is 0 Å². The third-order valence-corrected chi connectivity index (χ3v) is 1.99. The maximum atomic E-state index is 2.18. The highest BCUT2D eigenvalue weighted by Crippen LogP contribution is 2.14. The first-order valence-electron chi connectivity index (χ1n) is 5.59. The van der Waals surface area contributed by atoms with E-state index in [9.17, 15) is 0 Å². The van der Waals surface area contributed by atoms with Gasteiger partial charge in [-0.15, -0.1) is 0 Å². The predicted octanol–water partition coefficient (Wildman–Crippen LogP) is 4.98. The highest BCUT2D eigenvalue weighted by molar-refractivity contribution is 5.47. The van der Waals surface area contributed by atoms with Crippen LogP contribution >= 0.6 is 0 Å². The van der Waals surface area contributed by atoms with Crippen LogP contribution in [0.3, 0.4) is 0 Å². The van der Waals surface area contributed by atoms with Crippen molar-refractivity contribution in [1.82, 2.24) is 0 Å². The first kappa shape index (κ1) is 13.7. The van der Waals surface area contributed by atoms with Crippen LogP contribution in [-0.2, 0) is 0 Å². The molecular formula is C15H22. The summed E-state index contributed by atoms with van der Waals surface area (Å²) in [6.07, 6.45) is 18.0. The van der Waals surface area contributed by atoms with Crippen LogP contribution in [0.25, 0.3) is 0 Å². The number of hydrogen-bond acceptors (Lipinski definition) is 0. The van der Waals surface area contributed by atoms with Gasteiger partial charge in [0.1, 0.15) is 0 Å². The SMILES string of the molecule is C\C=C/C=C(\C=C/C)C(/C=C\CC)=C/C. The Balaban J connectivity index is 4.96. The van der Waals surface area contributed by atoms with Gasteiger partial charge < -0.3 is 0 Å². The van der Waals surface area contributed by atoms with E-state index in [1.54, 1.807) is 0 Å². The average molecular weight is 202 g/mol. The molecule has 0 amide bonds. The van der Waals surface area contributed by atoms with Gasteiger partial charge in [0.25, 0.3) is 0 Å². The van der Waals surface area contributed by atoms with E-state index in [0.29, 0.717) is 0 Å². The van der Waals surface area contributed by atoms with Crippen LogP contribution in [0.15, 0.2) is 59.8 Å². The van der Waals surface area contributed by atoms with Gasteiger partial charge in [-0.25, -0.2) is 0 Å². The van der Waals surface area contributed by atoms with Crippen LogP contribution in [0.4, 0.5) is 0 Å². The van der Waals surface area contributed by atoms with E-state index in [4.69, 9.17) is 0 Å². The monoisotopic (exact) mass is 202 g/mol. The van der Waals surface area contributed by atoms with Gasteiger partial charge in [-0.05, 0) is 38.3 Å². The smallest absolute Gasteiger partial charge is 0.0191 e. The molecular weight excluding hydrogens is 180 g/mol. The summed E-state index contributed by atoms with van der Waals surface area (Å²) in [5.41, 5.74) is 2.52. The number of hydrogen-bond donors (Lipinski definition) is 0. The second kappa shape index (κ2) is 9.26. The molecule has 0 unspecified atom stereocenters. The van der Waals surface area contributed by atoms with Gasteiger partial charge in [-0.1, -0.05) is 55.5 Å². The minimum Gasteiger partial charge on any atom is -0.0876 e. The third kappa shape index (κ3) is 5.90. The Morgan fingerprint density at radius 1 is 0.933 bits per heavy atom. The summed E-state index contributed by atoms with van der Waals surface area (Å²) in [4.78, 5) is 0. The molecule has 0 heterocycles. The fourth-order valence-electron chi connectivity index (χ4n) is 1.23. The predicted molar refractivity (Wildman–Crippen MR) is 70.9 cm³/mol. The Morgan fingerprint density at radius 3 is 2.13 bits per heavy atom. The van der Waals surface area contributed by atoms with Gasteiger partial charge in [-0.2, -0.15) is 0 Å². The zero-order valence-corrected chi connectivity index (χ0v) is 10.3. The van der Waals surface area contributed by atoms with Crippen LogP contribution in [0, 0.1) is 0 Å². The van der Waals surface area contributed by atoms with E-state index in [-0.39, 0.29) is 0 Å². The van der Waals surface area contributed by atoms with Gasteiger partial charge >= 0.3 is 0 Å². The van der Waals surface area contributed by atoms with Crippen molar-refractivity contribution in [3.05, 3.63) is 59.8 Å². The molecule has 0 nitrogen and oxygen atoms in total. The topological polar surface area (TPSA) is 0 Å². The Morgan fingerprint density at radius 2 is 1.67 bits per heavy atom. The van der Waals surface area contributed by atoms with Crippen LogP contribution in [0.1, 0.15) is 34.1 Å². The maximum absolute atomic E-state index is 2.18. The zero-order chi connectivity index (χ0) is 11.5. The van der Waals surface area contributed by atoms with Gasteiger partial charge in [-0.3, -0.25) is 0 Å². The summed E-state index contributed by atoms with van der Waals surface area (Å²) >= 11 is 0. The second-order valence-corrected chi connectivity index (χ2v) is 3.20. The molecule has 0 saturated heterocycles. The minimum absolute atomic E-state index is 1.07. The molecule has 0 saturated carbocycles. The van der Waals surface area contributed by atoms with E-state index in [2.05, 4.69) is 56.4 Å². The lowest BCUT2D eigenvalue weighted by Gasteiger charge is -2.01. The van der Waals surface area contributed by atoms with Crippen LogP contribution in [0.5, 0.6) is 0 Å². The zero-order valence-electron chi connectivity index (χ0n) is 10.3. The lowest BCUT2D eigenvalue weighted by Crippen LogP contribution is -1.82. The molecule has 0 aliphatic carbocycles. The van der Waals surface area contributed by atoms with E-state index in [1.165, 1.54) is 11.1 Å². The molecule has 0 aromatic carbocycles. The summed E-state index contributed by atoms with van der Waals surface area (Å²) in [6.45, 7) is 8.29. The van der Waals surface area contributed by atoms with Crippen molar-refractivity contribution in [2.75, 3.05) is 0 Å². The van der Waals surface area contributed by atoms with E-state index >= 15 is 0 Å². The Kier molecular flexibility index (Phi) is 8.46. The minimum atomic E-state index is 1.07. The number of allylic oxidation sites excluding steroid dienone is 10. The highest BCUT2D eigenvalue weighted by Gasteiger charge is 1.94. The lowest BCUT2D eigenvalue weighted by atomic mass is 10.0. The molecule has 0 spiro atoms. The molecule has 0 rings (SSSR count). The molecule has 82 valence electrons. The average Bonchev–Trinajstić information content (AvgIpc) is 2.26. The normalized spacial score (nSPS) is 14.9.